The fraction of sp³-hybridized carbons (Fsp3) is 1.00. The van der Waals surface area contributed by atoms with Gasteiger partial charge in [-0.05, 0) is 27.7 Å². The Morgan fingerprint density at radius 3 is 1.73 bits per heavy atom. The number of rotatable bonds is 7. The molecule has 0 aromatic carbocycles. The third kappa shape index (κ3) is 8.44. The van der Waals surface area contributed by atoms with Gasteiger partial charge in [0.1, 0.15) is 0 Å². The van der Waals surface area contributed by atoms with Crippen molar-refractivity contribution in [2.75, 3.05) is 47.3 Å². The lowest BCUT2D eigenvalue weighted by Crippen LogP contribution is -2.47. The minimum Gasteiger partial charge on any atom is -0.413 e. The molecule has 0 bridgehead atoms. The van der Waals surface area contributed by atoms with E-state index in [1.54, 1.807) is 0 Å². The van der Waals surface area contributed by atoms with Crippen molar-refractivity contribution in [2.45, 2.75) is 19.6 Å². The quantitative estimate of drug-likeness (QED) is 0.592. The zero-order chi connectivity index (χ0) is 12.1. The van der Waals surface area contributed by atoms with Gasteiger partial charge >= 0.3 is 16.5 Å². The molecule has 3 nitrogen and oxygen atoms in total. The van der Waals surface area contributed by atoms with E-state index < -0.39 is 8.24 Å². The van der Waals surface area contributed by atoms with Crippen molar-refractivity contribution in [1.29, 1.82) is 0 Å². The van der Waals surface area contributed by atoms with Crippen molar-refractivity contribution in [3.8, 4) is 0 Å². The second-order valence-corrected chi connectivity index (χ2v) is 12.8. The maximum Gasteiger partial charge on any atom is 0.314 e. The molecule has 0 radical (unpaired) electrons. The molecule has 0 atom stereocenters. The first-order valence-corrected chi connectivity index (χ1v) is 10.1. The summed E-state index contributed by atoms with van der Waals surface area (Å²) in [6, 6.07) is 0. The summed E-state index contributed by atoms with van der Waals surface area (Å²) in [5.74, 6) is 0. The molecule has 0 unspecified atom stereocenters. The molecule has 0 saturated carbocycles. The summed E-state index contributed by atoms with van der Waals surface area (Å²) in [6.07, 6.45) is 0. The van der Waals surface area contributed by atoms with E-state index >= 15 is 0 Å². The largest absolute Gasteiger partial charge is 0.413 e. The summed E-state index contributed by atoms with van der Waals surface area (Å²) in [5, 5.41) is 0. The SMILES string of the molecule is CN(C)CCN(C)CC[N]([AlH2])[Si](C)(C)C. The number of nitrogens with zero attached hydrogens (tertiary/aromatic N) is 3. The lowest BCUT2D eigenvalue weighted by Gasteiger charge is -2.33. The summed E-state index contributed by atoms with van der Waals surface area (Å²) in [6.45, 7) is 12.1. The molecular weight excluding hydrogens is 217 g/mol. The van der Waals surface area contributed by atoms with Gasteiger partial charge in [0.25, 0.3) is 0 Å². The third-order valence-electron chi connectivity index (χ3n) is 2.89. The highest BCUT2D eigenvalue weighted by Gasteiger charge is 2.18. The summed E-state index contributed by atoms with van der Waals surface area (Å²) < 4.78 is 2.68. The van der Waals surface area contributed by atoms with Crippen LogP contribution in [0.15, 0.2) is 0 Å². The summed E-state index contributed by atoms with van der Waals surface area (Å²) in [4.78, 5) is 4.68. The molecule has 0 rings (SSSR count). The molecule has 0 fully saturated rings. The van der Waals surface area contributed by atoms with Gasteiger partial charge in [-0.1, -0.05) is 19.6 Å². The normalized spacial score (nSPS) is 13.1. The molecule has 0 spiro atoms. The van der Waals surface area contributed by atoms with Crippen molar-refractivity contribution in [3.05, 3.63) is 0 Å². The number of hydrogen-bond donors (Lipinski definition) is 0. The standard InChI is InChI=1S/C10H26N3Si.Al.2H/c1-12(2)9-10-13(3)8-7-11-14(4,5)6;;;/h7-10H2,1-6H3;;;/q-1;+1;;. The molecular formula is C10H28AlN3Si. The Morgan fingerprint density at radius 2 is 1.33 bits per heavy atom. The van der Waals surface area contributed by atoms with Crippen LogP contribution in [-0.4, -0.2) is 85.4 Å². The van der Waals surface area contributed by atoms with E-state index in [1.165, 1.54) is 36.1 Å². The van der Waals surface area contributed by atoms with Crippen LogP contribution in [0.5, 0.6) is 0 Å². The Bertz CT molecular complexity index is 171. The minimum absolute atomic E-state index is 1.01. The topological polar surface area (TPSA) is 9.72 Å². The predicted octanol–water partition coefficient (Wildman–Crippen LogP) is 0.165. The first kappa shape index (κ1) is 15.6. The van der Waals surface area contributed by atoms with Gasteiger partial charge in [0, 0.05) is 19.6 Å². The second kappa shape index (κ2) is 7.05. The molecule has 0 aliphatic rings. The third-order valence-corrected chi connectivity index (χ3v) is 9.88. The van der Waals surface area contributed by atoms with Crippen LogP contribution in [-0.2, 0) is 0 Å². The molecule has 0 saturated heterocycles. The fourth-order valence-corrected chi connectivity index (χ4v) is 2.11. The Hall–Kier alpha value is 0.629. The van der Waals surface area contributed by atoms with Crippen LogP contribution in [0.25, 0.3) is 0 Å². The Balaban J connectivity index is 3.66. The first-order chi connectivity index (χ1) is 6.73. The van der Waals surface area contributed by atoms with Crippen LogP contribution in [0.4, 0.5) is 0 Å². The van der Waals surface area contributed by atoms with Gasteiger partial charge in [-0.15, -0.1) is 0 Å². The highest BCUT2D eigenvalue weighted by molar-refractivity contribution is 6.77. The molecule has 5 heteroatoms. The van der Waals surface area contributed by atoms with Crippen LogP contribution in [0.2, 0.25) is 19.6 Å². The fourth-order valence-electron chi connectivity index (χ4n) is 1.14. The van der Waals surface area contributed by atoms with Crippen molar-refractivity contribution < 1.29 is 0 Å². The van der Waals surface area contributed by atoms with Gasteiger partial charge < -0.3 is 13.3 Å². The van der Waals surface area contributed by atoms with Gasteiger partial charge in [-0.25, -0.2) is 0 Å². The van der Waals surface area contributed by atoms with Gasteiger partial charge in [0.15, 0.2) is 0 Å². The van der Waals surface area contributed by atoms with Crippen molar-refractivity contribution in [2.24, 2.45) is 0 Å². The predicted molar refractivity (Wildman–Crippen MR) is 74.6 cm³/mol. The number of likely N-dealkylation sites (N-methyl/N-ethyl adjacent to an activating group) is 2. The van der Waals surface area contributed by atoms with Crippen LogP contribution in [0.3, 0.4) is 0 Å². The van der Waals surface area contributed by atoms with Gasteiger partial charge in [-0.2, -0.15) is 0 Å². The molecule has 15 heavy (non-hydrogen) atoms. The van der Waals surface area contributed by atoms with Crippen molar-refractivity contribution >= 4 is 24.7 Å². The van der Waals surface area contributed by atoms with E-state index in [0.717, 1.165) is 6.54 Å². The molecule has 0 heterocycles. The van der Waals surface area contributed by atoms with E-state index in [9.17, 15) is 0 Å². The van der Waals surface area contributed by atoms with Crippen LogP contribution in [0.1, 0.15) is 0 Å². The molecule has 0 aliphatic carbocycles. The number of hydrogen-bond acceptors (Lipinski definition) is 3. The molecule has 0 aromatic heterocycles. The van der Waals surface area contributed by atoms with E-state index in [2.05, 4.69) is 54.1 Å². The molecule has 0 aliphatic heterocycles. The Morgan fingerprint density at radius 1 is 0.867 bits per heavy atom. The van der Waals surface area contributed by atoms with Crippen LogP contribution in [0, 0.1) is 0 Å². The van der Waals surface area contributed by atoms with E-state index in [0.29, 0.717) is 0 Å². The van der Waals surface area contributed by atoms with Gasteiger partial charge in [-0.3, -0.25) is 0 Å². The second-order valence-electron chi connectivity index (χ2n) is 5.70. The summed E-state index contributed by atoms with van der Waals surface area (Å²) in [5.41, 5.74) is 0. The maximum atomic E-state index is 2.68. The van der Waals surface area contributed by atoms with Crippen molar-refractivity contribution in [3.63, 3.8) is 0 Å². The van der Waals surface area contributed by atoms with E-state index in [4.69, 9.17) is 0 Å². The first-order valence-electron chi connectivity index (χ1n) is 5.78. The average molecular weight is 245 g/mol. The molecule has 90 valence electrons. The van der Waals surface area contributed by atoms with Crippen LogP contribution >= 0.6 is 0 Å². The van der Waals surface area contributed by atoms with E-state index in [1.807, 2.05) is 0 Å². The Kier molecular flexibility index (Phi) is 7.35. The van der Waals surface area contributed by atoms with E-state index in [-0.39, 0.29) is 0 Å². The molecule has 0 N–H and O–H groups in total. The summed E-state index contributed by atoms with van der Waals surface area (Å²) in [7, 11) is 5.48. The lowest BCUT2D eigenvalue weighted by atomic mass is 10.5. The van der Waals surface area contributed by atoms with Crippen molar-refractivity contribution in [1.82, 2.24) is 13.3 Å². The highest BCUT2D eigenvalue weighted by atomic mass is 28.3. The zero-order valence-corrected chi connectivity index (χ0v) is 14.7. The monoisotopic (exact) mass is 245 g/mol. The molecule has 0 aromatic rings. The zero-order valence-electron chi connectivity index (χ0n) is 11.7. The summed E-state index contributed by atoms with van der Waals surface area (Å²) >= 11 is 1.21. The smallest absolute Gasteiger partial charge is 0.314 e. The highest BCUT2D eigenvalue weighted by Crippen LogP contribution is 2.04. The maximum absolute atomic E-state index is 2.68. The van der Waals surface area contributed by atoms with Gasteiger partial charge in [0.05, 0.1) is 8.24 Å². The van der Waals surface area contributed by atoms with Gasteiger partial charge in [0.2, 0.25) is 0 Å². The minimum atomic E-state index is -1.01. The lowest BCUT2D eigenvalue weighted by molar-refractivity contribution is 0.277. The average Bonchev–Trinajstić information content (AvgIpc) is 2.09. The van der Waals surface area contributed by atoms with Crippen LogP contribution < -0.4 is 0 Å². The Labute approximate surface area is 105 Å². The molecule has 0 amide bonds.